The number of hydrogen-bond acceptors (Lipinski definition) is 5. The van der Waals surface area contributed by atoms with Crippen LogP contribution in [0.15, 0.2) is 53.1 Å². The van der Waals surface area contributed by atoms with Crippen molar-refractivity contribution in [3.63, 3.8) is 0 Å². The van der Waals surface area contributed by atoms with Crippen LogP contribution in [0, 0.1) is 6.92 Å². The zero-order valence-corrected chi connectivity index (χ0v) is 12.7. The summed E-state index contributed by atoms with van der Waals surface area (Å²) in [6, 6.07) is 14.2. The highest BCUT2D eigenvalue weighted by atomic mass is 16.5. The lowest BCUT2D eigenvalue weighted by molar-refractivity contribution is 0.102. The SMILES string of the molecule is COc1cccc(C(=O)Nc2cccc(-c3noc(C)n3)c2)c1. The molecule has 1 aromatic heterocycles. The summed E-state index contributed by atoms with van der Waals surface area (Å²) < 4.78 is 10.1. The molecule has 0 saturated heterocycles. The van der Waals surface area contributed by atoms with Crippen LogP contribution < -0.4 is 10.1 Å². The molecule has 1 amide bonds. The van der Waals surface area contributed by atoms with E-state index in [0.29, 0.717) is 28.7 Å². The molecule has 0 fully saturated rings. The lowest BCUT2D eigenvalue weighted by Gasteiger charge is -2.07. The topological polar surface area (TPSA) is 77.2 Å². The fraction of sp³-hybridized carbons (Fsp3) is 0.118. The number of nitrogens with zero attached hydrogens (tertiary/aromatic N) is 2. The molecule has 0 unspecified atom stereocenters. The van der Waals surface area contributed by atoms with Crippen LogP contribution in [0.25, 0.3) is 11.4 Å². The largest absolute Gasteiger partial charge is 0.497 e. The van der Waals surface area contributed by atoms with Gasteiger partial charge in [0.2, 0.25) is 11.7 Å². The molecule has 2 aromatic carbocycles. The molecule has 23 heavy (non-hydrogen) atoms. The minimum Gasteiger partial charge on any atom is -0.497 e. The number of methoxy groups -OCH3 is 1. The quantitative estimate of drug-likeness (QED) is 0.800. The van der Waals surface area contributed by atoms with Crippen molar-refractivity contribution < 1.29 is 14.1 Å². The molecular formula is C17H15N3O3. The molecule has 1 heterocycles. The monoisotopic (exact) mass is 309 g/mol. The predicted octanol–water partition coefficient (Wildman–Crippen LogP) is 3.31. The number of aromatic nitrogens is 2. The van der Waals surface area contributed by atoms with Gasteiger partial charge in [0.1, 0.15) is 5.75 Å². The first-order valence-electron chi connectivity index (χ1n) is 7.02. The highest BCUT2D eigenvalue weighted by Gasteiger charge is 2.10. The number of amides is 1. The molecule has 116 valence electrons. The Bertz CT molecular complexity index is 842. The smallest absolute Gasteiger partial charge is 0.255 e. The highest BCUT2D eigenvalue weighted by Crippen LogP contribution is 2.21. The second kappa shape index (κ2) is 6.31. The van der Waals surface area contributed by atoms with Crippen LogP contribution in [0.2, 0.25) is 0 Å². The van der Waals surface area contributed by atoms with Gasteiger partial charge in [-0.2, -0.15) is 4.98 Å². The van der Waals surface area contributed by atoms with E-state index >= 15 is 0 Å². The van der Waals surface area contributed by atoms with Crippen LogP contribution in [0.3, 0.4) is 0 Å². The van der Waals surface area contributed by atoms with E-state index in [-0.39, 0.29) is 5.91 Å². The van der Waals surface area contributed by atoms with E-state index in [1.54, 1.807) is 50.4 Å². The van der Waals surface area contributed by atoms with Crippen LogP contribution in [0.5, 0.6) is 5.75 Å². The van der Waals surface area contributed by atoms with Crippen LogP contribution in [-0.2, 0) is 0 Å². The van der Waals surface area contributed by atoms with Crippen molar-refractivity contribution in [2.75, 3.05) is 12.4 Å². The van der Waals surface area contributed by atoms with E-state index in [1.807, 2.05) is 12.1 Å². The average molecular weight is 309 g/mol. The summed E-state index contributed by atoms with van der Waals surface area (Å²) in [4.78, 5) is 16.5. The van der Waals surface area contributed by atoms with Crippen LogP contribution in [-0.4, -0.2) is 23.2 Å². The van der Waals surface area contributed by atoms with E-state index < -0.39 is 0 Å². The molecule has 0 aliphatic carbocycles. The van der Waals surface area contributed by atoms with Gasteiger partial charge in [0.25, 0.3) is 5.91 Å². The lowest BCUT2D eigenvalue weighted by Crippen LogP contribution is -2.11. The maximum Gasteiger partial charge on any atom is 0.255 e. The first-order valence-corrected chi connectivity index (χ1v) is 7.02. The Hall–Kier alpha value is -3.15. The number of aryl methyl sites for hydroxylation is 1. The Balaban J connectivity index is 1.81. The minimum absolute atomic E-state index is 0.217. The first kappa shape index (κ1) is 14.8. The van der Waals surface area contributed by atoms with Gasteiger partial charge in [-0.15, -0.1) is 0 Å². The molecule has 0 atom stereocenters. The summed E-state index contributed by atoms with van der Waals surface area (Å²) in [6.07, 6.45) is 0. The van der Waals surface area contributed by atoms with E-state index in [2.05, 4.69) is 15.5 Å². The summed E-state index contributed by atoms with van der Waals surface area (Å²) in [7, 11) is 1.56. The fourth-order valence-corrected chi connectivity index (χ4v) is 2.12. The van der Waals surface area contributed by atoms with Gasteiger partial charge in [0.05, 0.1) is 7.11 Å². The predicted molar refractivity (Wildman–Crippen MR) is 85.4 cm³/mol. The van der Waals surface area contributed by atoms with Gasteiger partial charge in [-0.3, -0.25) is 4.79 Å². The summed E-state index contributed by atoms with van der Waals surface area (Å²) in [6.45, 7) is 1.73. The Morgan fingerprint density at radius 3 is 2.74 bits per heavy atom. The zero-order chi connectivity index (χ0) is 16.2. The number of nitrogens with one attached hydrogen (secondary N) is 1. The number of rotatable bonds is 4. The zero-order valence-electron chi connectivity index (χ0n) is 12.7. The van der Waals surface area contributed by atoms with Crippen molar-refractivity contribution in [2.24, 2.45) is 0 Å². The van der Waals surface area contributed by atoms with Crippen LogP contribution >= 0.6 is 0 Å². The molecule has 0 radical (unpaired) electrons. The molecule has 0 aliphatic rings. The number of carbonyl (C=O) groups is 1. The van der Waals surface area contributed by atoms with E-state index in [9.17, 15) is 4.79 Å². The van der Waals surface area contributed by atoms with E-state index in [4.69, 9.17) is 9.26 Å². The summed E-state index contributed by atoms with van der Waals surface area (Å²) in [5.41, 5.74) is 1.94. The maximum absolute atomic E-state index is 12.3. The summed E-state index contributed by atoms with van der Waals surface area (Å²) in [5, 5.41) is 6.72. The lowest BCUT2D eigenvalue weighted by atomic mass is 10.1. The molecule has 0 bridgehead atoms. The second-order valence-electron chi connectivity index (χ2n) is 4.90. The average Bonchev–Trinajstić information content (AvgIpc) is 3.02. The van der Waals surface area contributed by atoms with Crippen molar-refractivity contribution in [1.29, 1.82) is 0 Å². The molecule has 1 N–H and O–H groups in total. The Kier molecular flexibility index (Phi) is 4.05. The Morgan fingerprint density at radius 1 is 1.17 bits per heavy atom. The van der Waals surface area contributed by atoms with Crippen LogP contribution in [0.4, 0.5) is 5.69 Å². The molecule has 3 rings (SSSR count). The van der Waals surface area contributed by atoms with Crippen molar-refractivity contribution in [3.05, 3.63) is 60.0 Å². The van der Waals surface area contributed by atoms with Gasteiger partial charge in [0, 0.05) is 23.7 Å². The van der Waals surface area contributed by atoms with Gasteiger partial charge in [-0.05, 0) is 30.3 Å². The van der Waals surface area contributed by atoms with Crippen LogP contribution in [0.1, 0.15) is 16.2 Å². The molecule has 0 spiro atoms. The number of ether oxygens (including phenoxy) is 1. The van der Waals surface area contributed by atoms with Gasteiger partial charge < -0.3 is 14.6 Å². The third-order valence-corrected chi connectivity index (χ3v) is 3.24. The third kappa shape index (κ3) is 3.37. The Labute approximate surface area is 133 Å². The maximum atomic E-state index is 12.3. The number of carbonyl (C=O) groups excluding carboxylic acids is 1. The number of hydrogen-bond donors (Lipinski definition) is 1. The normalized spacial score (nSPS) is 10.3. The standard InChI is InChI=1S/C17H15N3O3/c1-11-18-16(20-23-11)12-5-3-7-14(9-12)19-17(21)13-6-4-8-15(10-13)22-2/h3-10H,1-2H3,(H,19,21). The third-order valence-electron chi connectivity index (χ3n) is 3.24. The van der Waals surface area contributed by atoms with Crippen molar-refractivity contribution in [2.45, 2.75) is 6.92 Å². The first-order chi connectivity index (χ1) is 11.2. The van der Waals surface area contributed by atoms with Gasteiger partial charge in [-0.1, -0.05) is 23.4 Å². The van der Waals surface area contributed by atoms with Crippen molar-refractivity contribution in [1.82, 2.24) is 10.1 Å². The van der Waals surface area contributed by atoms with Gasteiger partial charge in [-0.25, -0.2) is 0 Å². The number of benzene rings is 2. The highest BCUT2D eigenvalue weighted by molar-refractivity contribution is 6.04. The van der Waals surface area contributed by atoms with E-state index in [1.165, 1.54) is 0 Å². The Morgan fingerprint density at radius 2 is 2.00 bits per heavy atom. The van der Waals surface area contributed by atoms with Gasteiger partial charge >= 0.3 is 0 Å². The molecular weight excluding hydrogens is 294 g/mol. The van der Waals surface area contributed by atoms with Crippen molar-refractivity contribution in [3.8, 4) is 17.1 Å². The fourth-order valence-electron chi connectivity index (χ4n) is 2.12. The summed E-state index contributed by atoms with van der Waals surface area (Å²) in [5.74, 6) is 1.39. The molecule has 3 aromatic rings. The van der Waals surface area contributed by atoms with E-state index in [0.717, 1.165) is 5.56 Å². The summed E-state index contributed by atoms with van der Waals surface area (Å²) >= 11 is 0. The molecule has 0 aliphatic heterocycles. The second-order valence-corrected chi connectivity index (χ2v) is 4.90. The molecule has 6 heteroatoms. The van der Waals surface area contributed by atoms with Gasteiger partial charge in [0.15, 0.2) is 0 Å². The van der Waals surface area contributed by atoms with Crippen molar-refractivity contribution >= 4 is 11.6 Å². The minimum atomic E-state index is -0.217. The number of anilines is 1. The molecule has 6 nitrogen and oxygen atoms in total. The molecule has 0 saturated carbocycles.